The van der Waals surface area contributed by atoms with Crippen molar-refractivity contribution in [3.8, 4) is 0 Å². The zero-order chi connectivity index (χ0) is 20.0. The summed E-state index contributed by atoms with van der Waals surface area (Å²) >= 11 is 0. The van der Waals surface area contributed by atoms with E-state index in [9.17, 15) is 18.0 Å². The van der Waals surface area contributed by atoms with Gasteiger partial charge in [0.1, 0.15) is 0 Å². The second-order valence-corrected chi connectivity index (χ2v) is 6.12. The second kappa shape index (κ2) is 8.79. The Balaban J connectivity index is 2.03. The lowest BCUT2D eigenvalue weighted by molar-refractivity contribution is -0.137. The number of aryl methyl sites for hydroxylation is 1. The van der Waals surface area contributed by atoms with Gasteiger partial charge in [0.05, 0.1) is 12.1 Å². The van der Waals surface area contributed by atoms with Crippen molar-refractivity contribution in [3.05, 3.63) is 53.6 Å². The van der Waals surface area contributed by atoms with Crippen molar-refractivity contribution in [2.75, 3.05) is 35.2 Å². The van der Waals surface area contributed by atoms with Gasteiger partial charge in [-0.2, -0.15) is 13.2 Å². The molecule has 0 radical (unpaired) electrons. The molecule has 0 aromatic heterocycles. The van der Waals surface area contributed by atoms with Crippen LogP contribution < -0.4 is 15.5 Å². The standard InChI is InChI=1S/C20H24F3N3O/c1-4-26(5-2)15-10-11-17(14(3)12-15)25-19(27)13-24-18-9-7-6-8-16(18)20(21,22)23/h6-12,24H,4-5,13H2,1-3H3,(H,25,27). The Bertz CT molecular complexity index is 786. The molecule has 0 aliphatic carbocycles. The number of para-hydroxylation sites is 1. The van der Waals surface area contributed by atoms with Crippen molar-refractivity contribution < 1.29 is 18.0 Å². The molecule has 0 heterocycles. The summed E-state index contributed by atoms with van der Waals surface area (Å²) in [5.74, 6) is -0.411. The average molecular weight is 379 g/mol. The summed E-state index contributed by atoms with van der Waals surface area (Å²) in [7, 11) is 0. The van der Waals surface area contributed by atoms with E-state index in [1.165, 1.54) is 18.2 Å². The van der Waals surface area contributed by atoms with Crippen molar-refractivity contribution in [2.45, 2.75) is 26.9 Å². The van der Waals surface area contributed by atoms with E-state index in [0.29, 0.717) is 5.69 Å². The summed E-state index contributed by atoms with van der Waals surface area (Å²) in [5.41, 5.74) is 1.68. The highest BCUT2D eigenvalue weighted by atomic mass is 19.4. The van der Waals surface area contributed by atoms with Crippen LogP contribution in [0.3, 0.4) is 0 Å². The molecule has 0 aliphatic rings. The van der Waals surface area contributed by atoms with E-state index >= 15 is 0 Å². The number of anilines is 3. The minimum atomic E-state index is -4.48. The summed E-state index contributed by atoms with van der Waals surface area (Å²) in [6.45, 7) is 7.52. The lowest BCUT2D eigenvalue weighted by Crippen LogP contribution is -2.24. The van der Waals surface area contributed by atoms with E-state index in [1.54, 1.807) is 0 Å². The molecular formula is C20H24F3N3O. The molecule has 0 atom stereocenters. The van der Waals surface area contributed by atoms with E-state index in [-0.39, 0.29) is 12.2 Å². The van der Waals surface area contributed by atoms with E-state index in [1.807, 2.05) is 25.1 Å². The molecule has 4 nitrogen and oxygen atoms in total. The van der Waals surface area contributed by atoms with Gasteiger partial charge in [-0.25, -0.2) is 0 Å². The van der Waals surface area contributed by atoms with Gasteiger partial charge < -0.3 is 15.5 Å². The molecule has 27 heavy (non-hydrogen) atoms. The van der Waals surface area contributed by atoms with Gasteiger partial charge >= 0.3 is 6.18 Å². The number of carbonyl (C=O) groups is 1. The summed E-state index contributed by atoms with van der Waals surface area (Å²) in [6, 6.07) is 10.8. The Kier molecular flexibility index (Phi) is 6.71. The van der Waals surface area contributed by atoms with E-state index < -0.39 is 17.6 Å². The summed E-state index contributed by atoms with van der Waals surface area (Å²) in [4.78, 5) is 14.4. The van der Waals surface area contributed by atoms with E-state index in [0.717, 1.165) is 30.4 Å². The van der Waals surface area contributed by atoms with Crippen molar-refractivity contribution in [3.63, 3.8) is 0 Å². The average Bonchev–Trinajstić information content (AvgIpc) is 2.62. The third-order valence-corrected chi connectivity index (χ3v) is 4.28. The van der Waals surface area contributed by atoms with Crippen molar-refractivity contribution in [1.29, 1.82) is 0 Å². The summed E-state index contributed by atoms with van der Waals surface area (Å²) in [5, 5.41) is 5.31. The molecule has 2 aromatic rings. The monoisotopic (exact) mass is 379 g/mol. The minimum Gasteiger partial charge on any atom is -0.376 e. The number of alkyl halides is 3. The first-order chi connectivity index (χ1) is 12.8. The fourth-order valence-electron chi connectivity index (χ4n) is 2.83. The number of nitrogens with zero attached hydrogens (tertiary/aromatic N) is 1. The molecule has 2 aromatic carbocycles. The Hall–Kier alpha value is -2.70. The maximum Gasteiger partial charge on any atom is 0.418 e. The molecule has 2 N–H and O–H groups in total. The van der Waals surface area contributed by atoms with Crippen molar-refractivity contribution in [2.24, 2.45) is 0 Å². The Morgan fingerprint density at radius 3 is 2.30 bits per heavy atom. The lowest BCUT2D eigenvalue weighted by atomic mass is 10.1. The quantitative estimate of drug-likeness (QED) is 0.718. The van der Waals surface area contributed by atoms with Crippen LogP contribution in [0, 0.1) is 6.92 Å². The van der Waals surface area contributed by atoms with Crippen LogP contribution >= 0.6 is 0 Å². The minimum absolute atomic E-state index is 0.117. The number of nitrogens with one attached hydrogen (secondary N) is 2. The van der Waals surface area contributed by atoms with Crippen LogP contribution in [0.5, 0.6) is 0 Å². The zero-order valence-electron chi connectivity index (χ0n) is 15.7. The number of halogens is 3. The smallest absolute Gasteiger partial charge is 0.376 e. The number of hydrogen-bond donors (Lipinski definition) is 2. The predicted octanol–water partition coefficient (Wildman–Crippen LogP) is 4.91. The normalized spacial score (nSPS) is 11.2. The highest BCUT2D eigenvalue weighted by molar-refractivity contribution is 5.94. The predicted molar refractivity (Wildman–Crippen MR) is 103 cm³/mol. The van der Waals surface area contributed by atoms with Gasteiger partial charge in [0.15, 0.2) is 0 Å². The van der Waals surface area contributed by atoms with Gasteiger partial charge in [-0.15, -0.1) is 0 Å². The molecule has 0 aliphatic heterocycles. The summed E-state index contributed by atoms with van der Waals surface area (Å²) in [6.07, 6.45) is -4.48. The molecule has 0 bridgehead atoms. The van der Waals surface area contributed by atoms with Gasteiger partial charge in [0.25, 0.3) is 0 Å². The third kappa shape index (κ3) is 5.39. The molecule has 7 heteroatoms. The number of carbonyl (C=O) groups excluding carboxylic acids is 1. The molecule has 0 unspecified atom stereocenters. The number of rotatable bonds is 7. The Morgan fingerprint density at radius 2 is 1.70 bits per heavy atom. The fourth-order valence-corrected chi connectivity index (χ4v) is 2.83. The molecule has 0 saturated heterocycles. The third-order valence-electron chi connectivity index (χ3n) is 4.28. The summed E-state index contributed by atoms with van der Waals surface area (Å²) < 4.78 is 39.0. The van der Waals surface area contributed by atoms with Crippen LogP contribution in [0.25, 0.3) is 0 Å². The maximum atomic E-state index is 13.0. The van der Waals surface area contributed by atoms with E-state index in [2.05, 4.69) is 29.4 Å². The highest BCUT2D eigenvalue weighted by Crippen LogP contribution is 2.34. The largest absolute Gasteiger partial charge is 0.418 e. The van der Waals surface area contributed by atoms with Crippen LogP contribution in [0.2, 0.25) is 0 Å². The van der Waals surface area contributed by atoms with Crippen LogP contribution in [0.15, 0.2) is 42.5 Å². The maximum absolute atomic E-state index is 13.0. The molecular weight excluding hydrogens is 355 g/mol. The number of benzene rings is 2. The van der Waals surface area contributed by atoms with Gasteiger partial charge in [0, 0.05) is 30.2 Å². The molecule has 0 spiro atoms. The Labute approximate surface area is 157 Å². The van der Waals surface area contributed by atoms with Gasteiger partial charge in [-0.1, -0.05) is 12.1 Å². The van der Waals surface area contributed by atoms with Crippen LogP contribution in [0.1, 0.15) is 25.0 Å². The molecule has 2 rings (SSSR count). The van der Waals surface area contributed by atoms with Gasteiger partial charge in [-0.05, 0) is 56.7 Å². The van der Waals surface area contributed by atoms with Crippen LogP contribution in [-0.2, 0) is 11.0 Å². The van der Waals surface area contributed by atoms with Gasteiger partial charge in [-0.3, -0.25) is 4.79 Å². The zero-order valence-corrected chi connectivity index (χ0v) is 15.7. The first-order valence-electron chi connectivity index (χ1n) is 8.81. The molecule has 146 valence electrons. The van der Waals surface area contributed by atoms with Crippen LogP contribution in [-0.4, -0.2) is 25.5 Å². The highest BCUT2D eigenvalue weighted by Gasteiger charge is 2.33. The number of hydrogen-bond acceptors (Lipinski definition) is 3. The fraction of sp³-hybridized carbons (Fsp3) is 0.350. The van der Waals surface area contributed by atoms with E-state index in [4.69, 9.17) is 0 Å². The first kappa shape index (κ1) is 20.6. The molecule has 1 amide bonds. The van der Waals surface area contributed by atoms with Crippen molar-refractivity contribution in [1.82, 2.24) is 0 Å². The lowest BCUT2D eigenvalue weighted by Gasteiger charge is -2.22. The Morgan fingerprint density at radius 1 is 1.04 bits per heavy atom. The first-order valence-corrected chi connectivity index (χ1v) is 8.81. The van der Waals surface area contributed by atoms with Crippen molar-refractivity contribution >= 4 is 23.0 Å². The molecule has 0 saturated carbocycles. The topological polar surface area (TPSA) is 44.4 Å². The molecule has 0 fully saturated rings. The number of amides is 1. The second-order valence-electron chi connectivity index (χ2n) is 6.12. The van der Waals surface area contributed by atoms with Gasteiger partial charge in [0.2, 0.25) is 5.91 Å². The SMILES string of the molecule is CCN(CC)c1ccc(NC(=O)CNc2ccccc2C(F)(F)F)c(C)c1. The van der Waals surface area contributed by atoms with Crippen LogP contribution in [0.4, 0.5) is 30.2 Å².